The van der Waals surface area contributed by atoms with Gasteiger partial charge in [0.25, 0.3) is 0 Å². The van der Waals surface area contributed by atoms with Crippen molar-refractivity contribution in [1.29, 1.82) is 0 Å². The smallest absolute Gasteiger partial charge is 0.137 e. The van der Waals surface area contributed by atoms with E-state index in [1.807, 2.05) is 31.2 Å². The fourth-order valence-electron chi connectivity index (χ4n) is 1.39. The molecule has 0 bridgehead atoms. The summed E-state index contributed by atoms with van der Waals surface area (Å²) in [5, 5.41) is 0.733. The van der Waals surface area contributed by atoms with Crippen LogP contribution in [0.4, 0.5) is 0 Å². The Balaban J connectivity index is 2.41. The highest BCUT2D eigenvalue weighted by Gasteiger charge is 2.06. The van der Waals surface area contributed by atoms with Crippen LogP contribution in [0.2, 0.25) is 5.02 Å². The molecule has 78 valence electrons. The summed E-state index contributed by atoms with van der Waals surface area (Å²) >= 11 is 10.0. The summed E-state index contributed by atoms with van der Waals surface area (Å²) in [6.45, 7) is 2.00. The molecule has 1 aromatic carbocycles. The third-order valence-electron chi connectivity index (χ3n) is 2.25. The van der Waals surface area contributed by atoms with Crippen LogP contribution in [0, 0.1) is 6.92 Å². The Kier molecular flexibility index (Phi) is 3.03. The number of benzene rings is 1. The Morgan fingerprint density at radius 2 is 2.00 bits per heavy atom. The van der Waals surface area contributed by atoms with Gasteiger partial charge in [-0.3, -0.25) is 0 Å². The lowest BCUT2D eigenvalue weighted by molar-refractivity contribution is 1.20. The van der Waals surface area contributed by atoms with E-state index in [1.165, 1.54) is 0 Å². The molecule has 1 aromatic heterocycles. The van der Waals surface area contributed by atoms with E-state index < -0.39 is 0 Å². The van der Waals surface area contributed by atoms with Crippen LogP contribution in [0.1, 0.15) is 11.4 Å². The van der Waals surface area contributed by atoms with Crippen molar-refractivity contribution in [2.24, 2.45) is 0 Å². The van der Waals surface area contributed by atoms with Crippen molar-refractivity contribution in [1.82, 2.24) is 9.97 Å². The van der Waals surface area contributed by atoms with Crippen LogP contribution in [-0.4, -0.2) is 9.97 Å². The van der Waals surface area contributed by atoms with Gasteiger partial charge in [-0.2, -0.15) is 12.6 Å². The second-order valence-electron chi connectivity index (χ2n) is 3.32. The van der Waals surface area contributed by atoms with Gasteiger partial charge in [0.2, 0.25) is 0 Å². The second-order valence-corrected chi connectivity index (χ2v) is 4.07. The van der Waals surface area contributed by atoms with Gasteiger partial charge >= 0.3 is 0 Å². The molecule has 0 unspecified atom stereocenters. The van der Waals surface area contributed by atoms with Crippen LogP contribution >= 0.6 is 24.2 Å². The lowest BCUT2D eigenvalue weighted by Crippen LogP contribution is -1.81. The third kappa shape index (κ3) is 2.19. The molecule has 0 radical (unpaired) electrons. The molecule has 0 saturated carbocycles. The van der Waals surface area contributed by atoms with Crippen molar-refractivity contribution in [3.63, 3.8) is 0 Å². The summed E-state index contributed by atoms with van der Waals surface area (Å²) in [7, 11) is 0. The van der Waals surface area contributed by atoms with Crippen LogP contribution in [0.3, 0.4) is 0 Å². The lowest BCUT2D eigenvalue weighted by atomic mass is 10.2. The number of H-pyrrole nitrogens is 1. The highest BCUT2D eigenvalue weighted by molar-refractivity contribution is 7.79. The predicted octanol–water partition coefficient (Wildman–Crippen LogP) is 3.47. The molecule has 4 heteroatoms. The van der Waals surface area contributed by atoms with Crippen molar-refractivity contribution in [3.05, 3.63) is 40.7 Å². The maximum Gasteiger partial charge on any atom is 0.137 e. The number of imidazole rings is 1. The number of rotatable bonds is 2. The second kappa shape index (κ2) is 4.29. The van der Waals surface area contributed by atoms with E-state index in [1.54, 1.807) is 0 Å². The van der Waals surface area contributed by atoms with Gasteiger partial charge < -0.3 is 4.98 Å². The molecular weight excluding hydrogens is 228 g/mol. The lowest BCUT2D eigenvalue weighted by Gasteiger charge is -1.95. The van der Waals surface area contributed by atoms with Gasteiger partial charge in [-0.25, -0.2) is 4.98 Å². The number of halogens is 1. The molecule has 15 heavy (non-hydrogen) atoms. The molecule has 2 aromatic rings. The zero-order chi connectivity index (χ0) is 10.8. The van der Waals surface area contributed by atoms with Crippen molar-refractivity contribution < 1.29 is 0 Å². The topological polar surface area (TPSA) is 28.7 Å². The number of hydrogen-bond donors (Lipinski definition) is 2. The Labute approximate surface area is 99.1 Å². The third-order valence-corrected chi connectivity index (χ3v) is 2.80. The fraction of sp³-hybridized carbons (Fsp3) is 0.182. The molecule has 0 saturated heterocycles. The molecule has 2 rings (SSSR count). The summed E-state index contributed by atoms with van der Waals surface area (Å²) in [5.74, 6) is 1.52. The van der Waals surface area contributed by atoms with E-state index in [0.29, 0.717) is 5.75 Å². The van der Waals surface area contributed by atoms with Crippen LogP contribution in [0.15, 0.2) is 24.3 Å². The summed E-state index contributed by atoms with van der Waals surface area (Å²) in [4.78, 5) is 7.68. The van der Waals surface area contributed by atoms with E-state index in [4.69, 9.17) is 11.6 Å². The van der Waals surface area contributed by atoms with Crippen molar-refractivity contribution in [3.8, 4) is 11.4 Å². The minimum absolute atomic E-state index is 0.649. The van der Waals surface area contributed by atoms with E-state index in [-0.39, 0.29) is 0 Å². The zero-order valence-corrected chi connectivity index (χ0v) is 9.94. The van der Waals surface area contributed by atoms with E-state index in [9.17, 15) is 0 Å². The molecule has 0 amide bonds. The highest BCUT2D eigenvalue weighted by Crippen LogP contribution is 2.20. The normalized spacial score (nSPS) is 10.6. The molecule has 0 aliphatic rings. The number of aromatic amines is 1. The van der Waals surface area contributed by atoms with Gasteiger partial charge in [0.1, 0.15) is 5.82 Å². The van der Waals surface area contributed by atoms with Gasteiger partial charge in [0, 0.05) is 22.0 Å². The largest absolute Gasteiger partial charge is 0.342 e. The Morgan fingerprint density at radius 1 is 1.33 bits per heavy atom. The van der Waals surface area contributed by atoms with Gasteiger partial charge in [0.05, 0.1) is 5.69 Å². The molecule has 0 fully saturated rings. The van der Waals surface area contributed by atoms with Crippen LogP contribution in [0.5, 0.6) is 0 Å². The van der Waals surface area contributed by atoms with Crippen LogP contribution < -0.4 is 0 Å². The fourth-order valence-corrected chi connectivity index (χ4v) is 1.83. The first-order chi connectivity index (χ1) is 7.20. The van der Waals surface area contributed by atoms with Gasteiger partial charge in [0.15, 0.2) is 0 Å². The summed E-state index contributed by atoms with van der Waals surface area (Å²) < 4.78 is 0. The summed E-state index contributed by atoms with van der Waals surface area (Å²) in [5.41, 5.74) is 3.09. The first-order valence-electron chi connectivity index (χ1n) is 4.63. The Bertz CT molecular complexity index is 462. The molecule has 1 N–H and O–H groups in total. The number of nitrogens with one attached hydrogen (secondary N) is 1. The number of hydrogen-bond acceptors (Lipinski definition) is 2. The first kappa shape index (κ1) is 10.6. The van der Waals surface area contributed by atoms with Gasteiger partial charge in [-0.05, 0) is 31.2 Å². The van der Waals surface area contributed by atoms with Crippen molar-refractivity contribution in [2.75, 3.05) is 0 Å². The minimum Gasteiger partial charge on any atom is -0.342 e. The van der Waals surface area contributed by atoms with E-state index in [2.05, 4.69) is 22.6 Å². The number of thiol groups is 1. The number of aromatic nitrogens is 2. The van der Waals surface area contributed by atoms with E-state index >= 15 is 0 Å². The quantitative estimate of drug-likeness (QED) is 0.771. The average molecular weight is 239 g/mol. The Morgan fingerprint density at radius 3 is 2.53 bits per heavy atom. The van der Waals surface area contributed by atoms with Crippen molar-refractivity contribution in [2.45, 2.75) is 12.7 Å². The minimum atomic E-state index is 0.649. The number of nitrogens with zero attached hydrogens (tertiary/aromatic N) is 1. The standard InChI is InChI=1S/C11H11ClN2S/c1-7-10(6-15)14-11(13-7)8-2-4-9(12)5-3-8/h2-5,15H,6H2,1H3,(H,13,14). The van der Waals surface area contributed by atoms with Gasteiger partial charge in [-0.15, -0.1) is 0 Å². The maximum absolute atomic E-state index is 5.82. The van der Waals surface area contributed by atoms with Crippen molar-refractivity contribution >= 4 is 24.2 Å². The molecule has 0 atom stereocenters. The van der Waals surface area contributed by atoms with Crippen LogP contribution in [0.25, 0.3) is 11.4 Å². The molecule has 2 nitrogen and oxygen atoms in total. The Hall–Kier alpha value is -0.930. The molecule has 0 spiro atoms. The van der Waals surface area contributed by atoms with Crippen LogP contribution in [-0.2, 0) is 5.75 Å². The molecule has 0 aliphatic carbocycles. The summed E-state index contributed by atoms with van der Waals surface area (Å²) in [6, 6.07) is 7.61. The number of aryl methyl sites for hydroxylation is 1. The van der Waals surface area contributed by atoms with Gasteiger partial charge in [-0.1, -0.05) is 11.6 Å². The maximum atomic E-state index is 5.82. The molecule has 1 heterocycles. The molecular formula is C11H11ClN2S. The van der Waals surface area contributed by atoms with E-state index in [0.717, 1.165) is 27.8 Å². The predicted molar refractivity (Wildman–Crippen MR) is 66.5 cm³/mol. The zero-order valence-electron chi connectivity index (χ0n) is 8.29. The summed E-state index contributed by atoms with van der Waals surface area (Å²) in [6.07, 6.45) is 0. The average Bonchev–Trinajstić information content (AvgIpc) is 2.61. The first-order valence-corrected chi connectivity index (χ1v) is 5.64. The highest BCUT2D eigenvalue weighted by atomic mass is 35.5. The SMILES string of the molecule is Cc1[nH]c(-c2ccc(Cl)cc2)nc1CS. The molecule has 0 aliphatic heterocycles. The monoisotopic (exact) mass is 238 g/mol.